The highest BCUT2D eigenvalue weighted by Gasteiger charge is 2.42. The lowest BCUT2D eigenvalue weighted by Crippen LogP contribution is -2.18. The number of aromatic nitrogens is 2. The van der Waals surface area contributed by atoms with Crippen molar-refractivity contribution < 1.29 is 4.52 Å². The number of hydrogen-bond acceptors (Lipinski definition) is 4. The summed E-state index contributed by atoms with van der Waals surface area (Å²) >= 11 is 3.47. The zero-order chi connectivity index (χ0) is 13.5. The van der Waals surface area contributed by atoms with Crippen LogP contribution in [0.4, 0.5) is 0 Å². The molecular weight excluding hydrogens is 318 g/mol. The maximum absolute atomic E-state index is 5.51. The monoisotopic (exact) mass is 333 g/mol. The van der Waals surface area contributed by atoms with Crippen molar-refractivity contribution in [3.8, 4) is 11.4 Å². The van der Waals surface area contributed by atoms with Gasteiger partial charge in [0.05, 0.1) is 6.04 Å². The van der Waals surface area contributed by atoms with Crippen LogP contribution in [0.5, 0.6) is 0 Å². The number of hydrogen-bond donors (Lipinski definition) is 1. The Hall–Kier alpha value is -1.20. The summed E-state index contributed by atoms with van der Waals surface area (Å²) in [7, 11) is 0. The molecule has 4 nitrogen and oxygen atoms in total. The molecule has 1 aromatic carbocycles. The molecule has 2 fully saturated rings. The van der Waals surface area contributed by atoms with E-state index in [4.69, 9.17) is 4.52 Å². The fourth-order valence-electron chi connectivity index (χ4n) is 3.56. The fraction of sp³-hybridized carbons (Fsp3) is 0.467. The van der Waals surface area contributed by atoms with Crippen LogP contribution in [0.15, 0.2) is 33.3 Å². The zero-order valence-corrected chi connectivity index (χ0v) is 12.6. The Kier molecular flexibility index (Phi) is 3.11. The lowest BCUT2D eigenvalue weighted by molar-refractivity contribution is 0.302. The highest BCUT2D eigenvalue weighted by Crippen LogP contribution is 2.44. The summed E-state index contributed by atoms with van der Waals surface area (Å²) in [5.41, 5.74) is 0.982. The maximum Gasteiger partial charge on any atom is 0.244 e. The summed E-state index contributed by atoms with van der Waals surface area (Å²) in [6, 6.07) is 8.23. The van der Waals surface area contributed by atoms with Gasteiger partial charge in [-0.2, -0.15) is 4.98 Å². The third-order valence-corrected chi connectivity index (χ3v) is 5.03. The minimum Gasteiger partial charge on any atom is -0.337 e. The van der Waals surface area contributed by atoms with Gasteiger partial charge in [0, 0.05) is 10.0 Å². The second kappa shape index (κ2) is 4.97. The van der Waals surface area contributed by atoms with Crippen molar-refractivity contribution in [2.24, 2.45) is 11.8 Å². The van der Waals surface area contributed by atoms with E-state index >= 15 is 0 Å². The second-order valence-corrected chi connectivity index (χ2v) is 6.62. The van der Waals surface area contributed by atoms with E-state index in [9.17, 15) is 0 Å². The summed E-state index contributed by atoms with van der Waals surface area (Å²) in [6.45, 7) is 1.09. The van der Waals surface area contributed by atoms with Gasteiger partial charge in [-0.1, -0.05) is 39.6 Å². The Balaban J connectivity index is 1.62. The van der Waals surface area contributed by atoms with Gasteiger partial charge in [0.2, 0.25) is 11.7 Å². The number of halogens is 1. The largest absolute Gasteiger partial charge is 0.337 e. The van der Waals surface area contributed by atoms with Crippen molar-refractivity contribution in [2.75, 3.05) is 6.54 Å². The van der Waals surface area contributed by atoms with Crippen molar-refractivity contribution in [2.45, 2.75) is 25.3 Å². The van der Waals surface area contributed by atoms with Crippen LogP contribution in [-0.2, 0) is 0 Å². The average Bonchev–Trinajstić information content (AvgIpc) is 3.14. The molecular formula is C15H16BrN3O. The molecule has 1 saturated heterocycles. The Bertz CT molecular complexity index is 627. The van der Waals surface area contributed by atoms with Crippen LogP contribution < -0.4 is 5.32 Å². The first kappa shape index (κ1) is 12.5. The van der Waals surface area contributed by atoms with Crippen LogP contribution in [0.25, 0.3) is 11.4 Å². The van der Waals surface area contributed by atoms with Gasteiger partial charge >= 0.3 is 0 Å². The Labute approximate surface area is 126 Å². The molecule has 0 amide bonds. The Morgan fingerprint density at radius 2 is 2.25 bits per heavy atom. The molecule has 3 unspecified atom stereocenters. The number of benzene rings is 1. The second-order valence-electron chi connectivity index (χ2n) is 5.71. The SMILES string of the molecule is Brc1cccc(-c2noc(C3NCC4CCCC43)n2)c1. The predicted molar refractivity (Wildman–Crippen MR) is 79.0 cm³/mol. The van der Waals surface area contributed by atoms with Gasteiger partial charge in [0.15, 0.2) is 0 Å². The molecule has 0 spiro atoms. The van der Waals surface area contributed by atoms with Crippen molar-refractivity contribution in [1.82, 2.24) is 15.5 Å². The first-order valence-electron chi connectivity index (χ1n) is 7.14. The molecule has 1 N–H and O–H groups in total. The first-order chi connectivity index (χ1) is 9.81. The average molecular weight is 334 g/mol. The van der Waals surface area contributed by atoms with Crippen LogP contribution in [0, 0.1) is 11.8 Å². The van der Waals surface area contributed by atoms with E-state index in [1.807, 2.05) is 24.3 Å². The molecule has 2 heterocycles. The van der Waals surface area contributed by atoms with Crippen molar-refractivity contribution >= 4 is 15.9 Å². The topological polar surface area (TPSA) is 51.0 Å². The van der Waals surface area contributed by atoms with Crippen molar-refractivity contribution in [1.29, 1.82) is 0 Å². The Morgan fingerprint density at radius 3 is 3.15 bits per heavy atom. The number of nitrogens with one attached hydrogen (secondary N) is 1. The van der Waals surface area contributed by atoms with Gasteiger partial charge in [0.25, 0.3) is 0 Å². The highest BCUT2D eigenvalue weighted by molar-refractivity contribution is 9.10. The van der Waals surface area contributed by atoms with Crippen LogP contribution in [-0.4, -0.2) is 16.7 Å². The molecule has 0 radical (unpaired) electrons. The van der Waals surface area contributed by atoms with Gasteiger partial charge in [-0.05, 0) is 43.4 Å². The molecule has 1 aromatic heterocycles. The third kappa shape index (κ3) is 2.09. The number of fused-ring (bicyclic) bond motifs is 1. The summed E-state index contributed by atoms with van der Waals surface area (Å²) in [4.78, 5) is 4.60. The molecule has 2 aliphatic rings. The number of nitrogens with zero attached hydrogens (tertiary/aromatic N) is 2. The van der Waals surface area contributed by atoms with Crippen molar-refractivity contribution in [3.05, 3.63) is 34.6 Å². The van der Waals surface area contributed by atoms with Gasteiger partial charge in [-0.25, -0.2) is 0 Å². The molecule has 1 aliphatic carbocycles. The van der Waals surface area contributed by atoms with Gasteiger partial charge in [-0.3, -0.25) is 0 Å². The smallest absolute Gasteiger partial charge is 0.244 e. The van der Waals surface area contributed by atoms with E-state index in [2.05, 4.69) is 31.4 Å². The van der Waals surface area contributed by atoms with Gasteiger partial charge < -0.3 is 9.84 Å². The van der Waals surface area contributed by atoms with Crippen LogP contribution in [0.2, 0.25) is 0 Å². The van der Waals surface area contributed by atoms with E-state index in [-0.39, 0.29) is 6.04 Å². The molecule has 3 atom stereocenters. The van der Waals surface area contributed by atoms with Gasteiger partial charge in [-0.15, -0.1) is 0 Å². The molecule has 4 rings (SSSR count). The van der Waals surface area contributed by atoms with E-state index in [0.29, 0.717) is 11.7 Å². The quantitative estimate of drug-likeness (QED) is 0.912. The molecule has 1 saturated carbocycles. The summed E-state index contributed by atoms with van der Waals surface area (Å²) < 4.78 is 6.54. The lowest BCUT2D eigenvalue weighted by Gasteiger charge is -2.13. The third-order valence-electron chi connectivity index (χ3n) is 4.54. The van der Waals surface area contributed by atoms with E-state index in [1.54, 1.807) is 0 Å². The maximum atomic E-state index is 5.51. The summed E-state index contributed by atoms with van der Waals surface area (Å²) in [5.74, 6) is 2.88. The van der Waals surface area contributed by atoms with Crippen LogP contribution >= 0.6 is 15.9 Å². The predicted octanol–water partition coefficient (Wildman–Crippen LogP) is 3.56. The summed E-state index contributed by atoms with van der Waals surface area (Å²) in [6.07, 6.45) is 3.94. The van der Waals surface area contributed by atoms with Crippen molar-refractivity contribution in [3.63, 3.8) is 0 Å². The number of rotatable bonds is 2. The molecule has 5 heteroatoms. The highest BCUT2D eigenvalue weighted by atomic mass is 79.9. The molecule has 1 aliphatic heterocycles. The van der Waals surface area contributed by atoms with Crippen LogP contribution in [0.3, 0.4) is 0 Å². The molecule has 2 aromatic rings. The van der Waals surface area contributed by atoms with E-state index in [0.717, 1.165) is 28.4 Å². The minimum atomic E-state index is 0.246. The van der Waals surface area contributed by atoms with Crippen LogP contribution in [0.1, 0.15) is 31.2 Å². The Morgan fingerprint density at radius 1 is 1.30 bits per heavy atom. The zero-order valence-electron chi connectivity index (χ0n) is 11.1. The molecule has 104 valence electrons. The van der Waals surface area contributed by atoms with E-state index < -0.39 is 0 Å². The first-order valence-corrected chi connectivity index (χ1v) is 7.93. The standard InChI is InChI=1S/C15H16BrN3O/c16-11-5-1-3-9(7-11)14-18-15(20-19-14)13-12-6-2-4-10(12)8-17-13/h1,3,5,7,10,12-13,17H,2,4,6,8H2. The normalized spacial score (nSPS) is 28.8. The minimum absolute atomic E-state index is 0.246. The molecule has 0 bridgehead atoms. The lowest BCUT2D eigenvalue weighted by atomic mass is 9.94. The van der Waals surface area contributed by atoms with Gasteiger partial charge in [0.1, 0.15) is 0 Å². The molecule has 20 heavy (non-hydrogen) atoms. The summed E-state index contributed by atoms with van der Waals surface area (Å²) in [5, 5.41) is 7.68. The van der Waals surface area contributed by atoms with E-state index in [1.165, 1.54) is 19.3 Å². The fourth-order valence-corrected chi connectivity index (χ4v) is 3.96.